The van der Waals surface area contributed by atoms with Crippen molar-refractivity contribution in [2.24, 2.45) is 5.73 Å². The fraction of sp³-hybridized carbons (Fsp3) is 0.571. The predicted molar refractivity (Wildman–Crippen MR) is 138 cm³/mol. The smallest absolute Gasteiger partial charge is 0.168 e. The fourth-order valence-electron chi connectivity index (χ4n) is 5.09. The standard InChI is InChI=1S/C28H41NO4Si/c1-26(2,3)34-33-28(20-12-8-6-9-13-20,21-14-10-7-11-15-21)25-24(29)17-16-22(31-25)18-23-19-30-27(4,5)32-23/h6-15,22-25H,16-19,29,34H2,1-5H3/t22-,23?,24?,25-/m0/s1. The lowest BCUT2D eigenvalue weighted by Crippen LogP contribution is -2.58. The van der Waals surface area contributed by atoms with Crippen LogP contribution < -0.4 is 5.73 Å². The minimum atomic E-state index is -0.943. The third-order valence-corrected chi connectivity index (χ3v) is 8.15. The van der Waals surface area contributed by atoms with Gasteiger partial charge in [0.1, 0.15) is 11.7 Å². The van der Waals surface area contributed by atoms with Crippen LogP contribution >= 0.6 is 0 Å². The Bertz CT molecular complexity index is 876. The summed E-state index contributed by atoms with van der Waals surface area (Å²) in [5.74, 6) is -0.533. The number of hydrogen-bond acceptors (Lipinski definition) is 5. The average Bonchev–Trinajstić information content (AvgIpc) is 3.15. The predicted octanol–water partition coefficient (Wildman–Crippen LogP) is 4.67. The van der Waals surface area contributed by atoms with Gasteiger partial charge in [-0.1, -0.05) is 81.4 Å². The Morgan fingerprint density at radius 2 is 1.53 bits per heavy atom. The first-order valence-corrected chi connectivity index (χ1v) is 13.9. The maximum absolute atomic E-state index is 7.11. The maximum Gasteiger partial charge on any atom is 0.168 e. The zero-order valence-corrected chi connectivity index (χ0v) is 22.7. The Kier molecular flexibility index (Phi) is 7.67. The van der Waals surface area contributed by atoms with Gasteiger partial charge in [-0.05, 0) is 42.9 Å². The van der Waals surface area contributed by atoms with E-state index >= 15 is 0 Å². The van der Waals surface area contributed by atoms with Gasteiger partial charge in [0.2, 0.25) is 0 Å². The van der Waals surface area contributed by atoms with E-state index in [4.69, 9.17) is 24.4 Å². The zero-order chi connectivity index (χ0) is 24.4. The molecule has 6 heteroatoms. The summed E-state index contributed by atoms with van der Waals surface area (Å²) in [6.45, 7) is 11.3. The molecule has 4 atom stereocenters. The molecule has 2 heterocycles. The molecule has 0 amide bonds. The lowest BCUT2D eigenvalue weighted by atomic mass is 9.76. The van der Waals surface area contributed by atoms with Gasteiger partial charge in [-0.2, -0.15) is 0 Å². The molecule has 2 aromatic rings. The van der Waals surface area contributed by atoms with E-state index in [0.717, 1.165) is 30.4 Å². The molecule has 2 saturated heterocycles. The topological polar surface area (TPSA) is 62.9 Å². The zero-order valence-electron chi connectivity index (χ0n) is 21.3. The van der Waals surface area contributed by atoms with Gasteiger partial charge in [-0.25, -0.2) is 0 Å². The summed E-state index contributed by atoms with van der Waals surface area (Å²) in [4.78, 5) is 0. The van der Waals surface area contributed by atoms with Gasteiger partial charge in [0.25, 0.3) is 0 Å². The minimum Gasteiger partial charge on any atom is -0.408 e. The molecule has 2 unspecified atom stereocenters. The summed E-state index contributed by atoms with van der Waals surface area (Å²) in [7, 11) is -0.943. The molecule has 2 aliphatic rings. The monoisotopic (exact) mass is 483 g/mol. The van der Waals surface area contributed by atoms with Crippen LogP contribution in [0.4, 0.5) is 0 Å². The van der Waals surface area contributed by atoms with Crippen molar-refractivity contribution in [1.29, 1.82) is 0 Å². The summed E-state index contributed by atoms with van der Waals surface area (Å²) >= 11 is 0. The van der Waals surface area contributed by atoms with Gasteiger partial charge in [0, 0.05) is 12.5 Å². The summed E-state index contributed by atoms with van der Waals surface area (Å²) in [6.07, 6.45) is 2.36. The van der Waals surface area contributed by atoms with E-state index in [-0.39, 0.29) is 29.4 Å². The van der Waals surface area contributed by atoms with E-state index in [2.05, 4.69) is 69.3 Å². The van der Waals surface area contributed by atoms with Crippen molar-refractivity contribution in [2.75, 3.05) is 6.61 Å². The van der Waals surface area contributed by atoms with Gasteiger partial charge in [0.15, 0.2) is 15.6 Å². The Balaban J connectivity index is 1.72. The van der Waals surface area contributed by atoms with Crippen molar-refractivity contribution < 1.29 is 18.6 Å². The second-order valence-electron chi connectivity index (χ2n) is 11.4. The summed E-state index contributed by atoms with van der Waals surface area (Å²) < 4.78 is 25.9. The highest BCUT2D eigenvalue weighted by atomic mass is 28.2. The lowest BCUT2D eigenvalue weighted by molar-refractivity contribution is -0.164. The molecular weight excluding hydrogens is 442 g/mol. The van der Waals surface area contributed by atoms with Crippen LogP contribution in [-0.4, -0.2) is 46.5 Å². The molecule has 0 aromatic heterocycles. The molecule has 2 N–H and O–H groups in total. The van der Waals surface area contributed by atoms with Crippen LogP contribution in [0, 0.1) is 0 Å². The Morgan fingerprint density at radius 1 is 0.941 bits per heavy atom. The Labute approximate surface area is 207 Å². The largest absolute Gasteiger partial charge is 0.408 e. The molecule has 2 aliphatic heterocycles. The molecule has 0 saturated carbocycles. The third kappa shape index (κ3) is 5.81. The average molecular weight is 484 g/mol. The quantitative estimate of drug-likeness (QED) is 0.580. The molecule has 5 nitrogen and oxygen atoms in total. The highest BCUT2D eigenvalue weighted by Gasteiger charge is 2.50. The van der Waals surface area contributed by atoms with E-state index in [9.17, 15) is 0 Å². The third-order valence-electron chi connectivity index (χ3n) is 6.68. The van der Waals surface area contributed by atoms with E-state index in [1.807, 2.05) is 26.0 Å². The highest BCUT2D eigenvalue weighted by molar-refractivity contribution is 6.32. The van der Waals surface area contributed by atoms with Gasteiger partial charge in [0.05, 0.1) is 18.8 Å². The van der Waals surface area contributed by atoms with E-state index in [1.165, 1.54) is 0 Å². The lowest BCUT2D eigenvalue weighted by Gasteiger charge is -2.49. The van der Waals surface area contributed by atoms with Crippen molar-refractivity contribution in [3.63, 3.8) is 0 Å². The molecule has 2 aromatic carbocycles. The van der Waals surface area contributed by atoms with Crippen molar-refractivity contribution in [1.82, 2.24) is 0 Å². The number of benzene rings is 2. The van der Waals surface area contributed by atoms with E-state index in [1.54, 1.807) is 0 Å². The molecule has 34 heavy (non-hydrogen) atoms. The first kappa shape index (κ1) is 25.5. The molecular formula is C28H41NO4Si. The Hall–Kier alpha value is -1.54. The van der Waals surface area contributed by atoms with Crippen LogP contribution in [0.15, 0.2) is 60.7 Å². The van der Waals surface area contributed by atoms with Gasteiger partial charge < -0.3 is 24.4 Å². The van der Waals surface area contributed by atoms with Crippen LogP contribution in [0.3, 0.4) is 0 Å². The van der Waals surface area contributed by atoms with E-state index in [0.29, 0.717) is 6.61 Å². The van der Waals surface area contributed by atoms with E-state index < -0.39 is 21.2 Å². The van der Waals surface area contributed by atoms with Gasteiger partial charge >= 0.3 is 0 Å². The van der Waals surface area contributed by atoms with Gasteiger partial charge in [-0.15, -0.1) is 0 Å². The van der Waals surface area contributed by atoms with Crippen LogP contribution in [0.5, 0.6) is 0 Å². The number of rotatable bonds is 7. The normalized spacial score (nSPS) is 27.9. The molecule has 0 aliphatic carbocycles. The second kappa shape index (κ2) is 10.2. The summed E-state index contributed by atoms with van der Waals surface area (Å²) in [5.41, 5.74) is 8.29. The van der Waals surface area contributed by atoms with Crippen LogP contribution in [0.25, 0.3) is 0 Å². The molecule has 2 fully saturated rings. The van der Waals surface area contributed by atoms with Gasteiger partial charge in [-0.3, -0.25) is 0 Å². The minimum absolute atomic E-state index is 0.0303. The molecule has 186 valence electrons. The fourth-order valence-corrected chi connectivity index (χ4v) is 6.25. The molecule has 0 spiro atoms. The first-order chi connectivity index (χ1) is 16.1. The number of ether oxygens (including phenoxy) is 3. The van der Waals surface area contributed by atoms with Crippen LogP contribution in [-0.2, 0) is 24.2 Å². The maximum atomic E-state index is 7.11. The SMILES string of the molecule is CC1(C)OCC(C[C@@H]2CCC(N)[C@@H](C(O[SiH2]C(C)(C)C)(c3ccccc3)c3ccccc3)O2)O1. The van der Waals surface area contributed by atoms with Crippen molar-refractivity contribution in [3.8, 4) is 0 Å². The van der Waals surface area contributed by atoms with Crippen LogP contribution in [0.1, 0.15) is 65.0 Å². The molecule has 4 rings (SSSR count). The molecule has 0 bridgehead atoms. The number of hydrogen-bond donors (Lipinski definition) is 1. The first-order valence-electron chi connectivity index (χ1n) is 12.6. The van der Waals surface area contributed by atoms with Crippen LogP contribution in [0.2, 0.25) is 5.04 Å². The van der Waals surface area contributed by atoms with Crippen molar-refractivity contribution in [2.45, 2.75) is 94.7 Å². The highest BCUT2D eigenvalue weighted by Crippen LogP contribution is 2.44. The van der Waals surface area contributed by atoms with Crippen molar-refractivity contribution in [3.05, 3.63) is 71.8 Å². The second-order valence-corrected chi connectivity index (χ2v) is 14.1. The summed E-state index contributed by atoms with van der Waals surface area (Å²) in [6, 6.07) is 20.9. The Morgan fingerprint density at radius 3 is 2.03 bits per heavy atom. The summed E-state index contributed by atoms with van der Waals surface area (Å²) in [5, 5.41) is 0.119. The molecule has 0 radical (unpaired) electrons. The van der Waals surface area contributed by atoms with Crippen molar-refractivity contribution >= 4 is 9.76 Å². The number of nitrogens with two attached hydrogens (primary N) is 1.